The molecule has 0 spiro atoms. The molecule has 1 aromatic carbocycles. The molecule has 0 amide bonds. The third kappa shape index (κ3) is 1.59. The first-order chi connectivity index (χ1) is 7.67. The molecule has 0 bridgehead atoms. The minimum absolute atomic E-state index is 0.308. The summed E-state index contributed by atoms with van der Waals surface area (Å²) in [6.45, 7) is 6.30. The van der Waals surface area contributed by atoms with Gasteiger partial charge in [-0.15, -0.1) is 0 Å². The van der Waals surface area contributed by atoms with E-state index in [1.54, 1.807) is 0 Å². The number of furan rings is 1. The second kappa shape index (κ2) is 4.02. The maximum absolute atomic E-state index is 9.05. The van der Waals surface area contributed by atoms with Gasteiger partial charge in [0, 0.05) is 10.9 Å². The summed E-state index contributed by atoms with van der Waals surface area (Å²) >= 11 is 0. The molecule has 0 aliphatic carbocycles. The first-order valence-electron chi connectivity index (χ1n) is 5.62. The number of nitrogens with zero attached hydrogens (tertiary/aromatic N) is 1. The summed E-state index contributed by atoms with van der Waals surface area (Å²) in [5.74, 6) is 0.765. The highest BCUT2D eigenvalue weighted by Gasteiger charge is 2.16. The average Bonchev–Trinajstić information content (AvgIpc) is 2.65. The second-order valence-corrected chi connectivity index (χ2v) is 4.30. The molecular formula is C14H15NO. The number of fused-ring (bicyclic) bond motifs is 1. The summed E-state index contributed by atoms with van der Waals surface area (Å²) in [5, 5.41) is 10.1. The Hall–Kier alpha value is -1.75. The van der Waals surface area contributed by atoms with Gasteiger partial charge in [-0.25, -0.2) is 0 Å². The molecule has 0 atom stereocenters. The van der Waals surface area contributed by atoms with Crippen LogP contribution in [0.4, 0.5) is 0 Å². The monoisotopic (exact) mass is 213 g/mol. The van der Waals surface area contributed by atoms with E-state index < -0.39 is 0 Å². The van der Waals surface area contributed by atoms with Gasteiger partial charge < -0.3 is 4.42 Å². The van der Waals surface area contributed by atoms with Gasteiger partial charge in [-0.05, 0) is 30.0 Å². The third-order valence-electron chi connectivity index (χ3n) is 2.88. The molecule has 82 valence electrons. The van der Waals surface area contributed by atoms with E-state index in [-0.39, 0.29) is 0 Å². The predicted molar refractivity (Wildman–Crippen MR) is 64.4 cm³/mol. The highest BCUT2D eigenvalue weighted by molar-refractivity contribution is 5.84. The van der Waals surface area contributed by atoms with Crippen molar-refractivity contribution in [1.82, 2.24) is 0 Å². The first kappa shape index (κ1) is 10.8. The highest BCUT2D eigenvalue weighted by Crippen LogP contribution is 2.32. The molecule has 0 N–H and O–H groups in total. The lowest BCUT2D eigenvalue weighted by molar-refractivity contribution is 0.589. The van der Waals surface area contributed by atoms with Crippen LogP contribution in [0.15, 0.2) is 22.6 Å². The molecule has 0 unspecified atom stereocenters. The van der Waals surface area contributed by atoms with Crippen molar-refractivity contribution in [1.29, 1.82) is 5.26 Å². The lowest BCUT2D eigenvalue weighted by Crippen LogP contribution is -1.89. The minimum Gasteiger partial charge on any atom is -0.445 e. The van der Waals surface area contributed by atoms with E-state index in [0.29, 0.717) is 11.7 Å². The highest BCUT2D eigenvalue weighted by atomic mass is 16.3. The predicted octanol–water partition coefficient (Wildman–Crippen LogP) is 3.99. The number of rotatable bonds is 2. The van der Waals surface area contributed by atoms with Gasteiger partial charge in [-0.2, -0.15) is 5.26 Å². The van der Waals surface area contributed by atoms with Crippen molar-refractivity contribution in [3.63, 3.8) is 0 Å². The van der Waals surface area contributed by atoms with Gasteiger partial charge in [0.2, 0.25) is 5.76 Å². The second-order valence-electron chi connectivity index (χ2n) is 4.30. The Labute approximate surface area is 95.5 Å². The number of nitriles is 1. The van der Waals surface area contributed by atoms with Gasteiger partial charge in [-0.1, -0.05) is 26.8 Å². The number of aryl methyl sites for hydroxylation is 1. The zero-order chi connectivity index (χ0) is 11.7. The third-order valence-corrected chi connectivity index (χ3v) is 2.88. The smallest absolute Gasteiger partial charge is 0.208 e. The maximum atomic E-state index is 9.05. The maximum Gasteiger partial charge on any atom is 0.208 e. The van der Waals surface area contributed by atoms with E-state index in [2.05, 4.69) is 39.0 Å². The van der Waals surface area contributed by atoms with Crippen LogP contribution in [0.3, 0.4) is 0 Å². The molecule has 1 aromatic heterocycles. The van der Waals surface area contributed by atoms with Crippen molar-refractivity contribution in [2.75, 3.05) is 0 Å². The zero-order valence-electron chi connectivity index (χ0n) is 9.87. The van der Waals surface area contributed by atoms with Crippen LogP contribution in [0, 0.1) is 11.3 Å². The summed E-state index contributed by atoms with van der Waals surface area (Å²) in [4.78, 5) is 0. The quantitative estimate of drug-likeness (QED) is 0.756. The van der Waals surface area contributed by atoms with E-state index in [0.717, 1.165) is 23.0 Å². The molecule has 2 heteroatoms. The fourth-order valence-electron chi connectivity index (χ4n) is 2.04. The Kier molecular flexibility index (Phi) is 2.70. The Morgan fingerprint density at radius 1 is 1.38 bits per heavy atom. The summed E-state index contributed by atoms with van der Waals surface area (Å²) in [6, 6.07) is 8.28. The molecule has 0 aliphatic heterocycles. The first-order valence-corrected chi connectivity index (χ1v) is 5.62. The molecule has 0 fully saturated rings. The molecule has 0 saturated heterocycles. The topological polar surface area (TPSA) is 36.9 Å². The molecule has 0 saturated carbocycles. The van der Waals surface area contributed by atoms with Gasteiger partial charge in [0.1, 0.15) is 11.7 Å². The van der Waals surface area contributed by atoms with E-state index in [1.165, 1.54) is 5.56 Å². The number of benzene rings is 1. The largest absolute Gasteiger partial charge is 0.445 e. The summed E-state index contributed by atoms with van der Waals surface area (Å²) in [6.07, 6.45) is 1.00. The van der Waals surface area contributed by atoms with Gasteiger partial charge in [0.25, 0.3) is 0 Å². The van der Waals surface area contributed by atoms with Crippen LogP contribution in [0.1, 0.15) is 43.6 Å². The molecule has 2 nitrogen and oxygen atoms in total. The van der Waals surface area contributed by atoms with Crippen LogP contribution in [0.25, 0.3) is 11.0 Å². The van der Waals surface area contributed by atoms with E-state index in [9.17, 15) is 0 Å². The number of hydrogen-bond acceptors (Lipinski definition) is 2. The fraction of sp³-hybridized carbons (Fsp3) is 0.357. The summed E-state index contributed by atoms with van der Waals surface area (Å²) < 4.78 is 5.55. The molecule has 1 heterocycles. The molecule has 0 radical (unpaired) electrons. The Bertz CT molecular complexity index is 558. The van der Waals surface area contributed by atoms with Gasteiger partial charge >= 0.3 is 0 Å². The normalized spacial score (nSPS) is 10.9. The molecular weight excluding hydrogens is 198 g/mol. The van der Waals surface area contributed by atoms with Crippen molar-refractivity contribution >= 4 is 11.0 Å². The molecule has 16 heavy (non-hydrogen) atoms. The van der Waals surface area contributed by atoms with Crippen molar-refractivity contribution in [3.05, 3.63) is 35.1 Å². The molecule has 0 aliphatic rings. The van der Waals surface area contributed by atoms with Crippen LogP contribution >= 0.6 is 0 Å². The molecule has 2 rings (SSSR count). The zero-order valence-corrected chi connectivity index (χ0v) is 9.87. The van der Waals surface area contributed by atoms with Crippen LogP contribution < -0.4 is 0 Å². The van der Waals surface area contributed by atoms with Gasteiger partial charge in [0.05, 0.1) is 0 Å². The summed E-state index contributed by atoms with van der Waals surface area (Å²) in [5.41, 5.74) is 3.13. The van der Waals surface area contributed by atoms with Crippen molar-refractivity contribution < 1.29 is 4.42 Å². The van der Waals surface area contributed by atoms with Crippen molar-refractivity contribution in [2.45, 2.75) is 33.1 Å². The van der Waals surface area contributed by atoms with Crippen LogP contribution in [-0.4, -0.2) is 0 Å². The fourth-order valence-corrected chi connectivity index (χ4v) is 2.04. The van der Waals surface area contributed by atoms with Gasteiger partial charge in [0.15, 0.2) is 0 Å². The van der Waals surface area contributed by atoms with E-state index in [4.69, 9.17) is 9.68 Å². The summed E-state index contributed by atoms with van der Waals surface area (Å²) in [7, 11) is 0. The average molecular weight is 213 g/mol. The van der Waals surface area contributed by atoms with Crippen LogP contribution in [0.2, 0.25) is 0 Å². The lowest BCUT2D eigenvalue weighted by atomic mass is 9.98. The standard InChI is InChI=1S/C14H15NO/c1-4-10-5-6-12-11(7-10)14(9(2)3)13(8-15)16-12/h5-7,9H,4H2,1-3H3. The lowest BCUT2D eigenvalue weighted by Gasteiger charge is -2.02. The molecule has 2 aromatic rings. The minimum atomic E-state index is 0.308. The SMILES string of the molecule is CCc1ccc2oc(C#N)c(C(C)C)c2c1. The van der Waals surface area contributed by atoms with E-state index >= 15 is 0 Å². The Morgan fingerprint density at radius 3 is 2.69 bits per heavy atom. The van der Waals surface area contributed by atoms with Crippen LogP contribution in [0.5, 0.6) is 0 Å². The Morgan fingerprint density at radius 2 is 2.12 bits per heavy atom. The Balaban J connectivity index is 2.77. The van der Waals surface area contributed by atoms with Crippen LogP contribution in [-0.2, 0) is 6.42 Å². The van der Waals surface area contributed by atoms with Crippen molar-refractivity contribution in [3.8, 4) is 6.07 Å². The number of hydrogen-bond donors (Lipinski definition) is 0. The van der Waals surface area contributed by atoms with E-state index in [1.807, 2.05) is 6.07 Å². The van der Waals surface area contributed by atoms with Crippen molar-refractivity contribution in [2.24, 2.45) is 0 Å². The van der Waals surface area contributed by atoms with Gasteiger partial charge in [-0.3, -0.25) is 0 Å².